The van der Waals surface area contributed by atoms with Crippen LogP contribution in [0, 0.1) is 6.92 Å². The number of anilines is 1. The van der Waals surface area contributed by atoms with E-state index in [0.29, 0.717) is 22.9 Å². The summed E-state index contributed by atoms with van der Waals surface area (Å²) in [6.07, 6.45) is -0.403. The average Bonchev–Trinajstić information content (AvgIpc) is 2.53. The highest BCUT2D eigenvalue weighted by Crippen LogP contribution is 2.35. The van der Waals surface area contributed by atoms with Crippen LogP contribution in [-0.4, -0.2) is 34.7 Å². The molecule has 0 N–H and O–H groups in total. The molecule has 0 aromatic heterocycles. The normalized spacial score (nSPS) is 17.3. The van der Waals surface area contributed by atoms with E-state index in [1.54, 1.807) is 37.3 Å². The van der Waals surface area contributed by atoms with Crippen LogP contribution in [0.15, 0.2) is 47.4 Å². The largest absolute Gasteiger partial charge is 0.484 e. The van der Waals surface area contributed by atoms with Crippen molar-refractivity contribution >= 4 is 27.4 Å². The molecule has 1 atom stereocenters. The molecule has 2 aromatic rings. The van der Waals surface area contributed by atoms with Gasteiger partial charge in [0.15, 0.2) is 0 Å². The highest BCUT2D eigenvalue weighted by molar-refractivity contribution is 7.86. The molecule has 1 unspecified atom stereocenters. The maximum Gasteiger partial charge on any atom is 0.297 e. The molecule has 128 valence electrons. The predicted octanol–water partition coefficient (Wildman–Crippen LogP) is 3.25. The third-order valence-corrected chi connectivity index (χ3v) is 5.55. The van der Waals surface area contributed by atoms with E-state index in [1.165, 1.54) is 6.07 Å². The lowest BCUT2D eigenvalue weighted by molar-refractivity contribution is 0.129. The second kappa shape index (κ2) is 6.63. The zero-order chi connectivity index (χ0) is 17.3. The maximum absolute atomic E-state index is 12.4. The van der Waals surface area contributed by atoms with Gasteiger partial charge in [-0.25, -0.2) is 0 Å². The number of rotatable bonds is 4. The number of benzene rings is 2. The van der Waals surface area contributed by atoms with Crippen LogP contribution in [0.2, 0.25) is 5.02 Å². The molecular formula is C17H18ClNO4S. The van der Waals surface area contributed by atoms with E-state index < -0.39 is 16.2 Å². The van der Waals surface area contributed by atoms with E-state index in [-0.39, 0.29) is 11.5 Å². The minimum atomic E-state index is -3.82. The molecule has 0 fully saturated rings. The van der Waals surface area contributed by atoms with E-state index >= 15 is 0 Å². The molecule has 1 heterocycles. The fourth-order valence-corrected chi connectivity index (χ4v) is 4.00. The second-order valence-electron chi connectivity index (χ2n) is 5.74. The molecule has 0 bridgehead atoms. The topological polar surface area (TPSA) is 55.8 Å². The van der Waals surface area contributed by atoms with Crippen molar-refractivity contribution in [2.45, 2.75) is 17.9 Å². The Balaban J connectivity index is 1.73. The molecule has 0 amide bonds. The van der Waals surface area contributed by atoms with Gasteiger partial charge in [-0.2, -0.15) is 8.42 Å². The Kier molecular flexibility index (Phi) is 4.71. The van der Waals surface area contributed by atoms with E-state index in [2.05, 4.69) is 0 Å². The van der Waals surface area contributed by atoms with E-state index in [9.17, 15) is 8.42 Å². The van der Waals surface area contributed by atoms with Crippen molar-refractivity contribution in [2.24, 2.45) is 0 Å². The summed E-state index contributed by atoms with van der Waals surface area (Å²) in [5.74, 6) is 0.623. The third kappa shape index (κ3) is 3.50. The number of fused-ring (bicyclic) bond motifs is 1. The standard InChI is InChI=1S/C17H18ClNO4S/c1-12-5-3-4-6-17(12)24(20,21)22-11-14-10-19(2)15-8-7-13(18)9-16(15)23-14/h3-9,14H,10-11H2,1-2H3. The minimum absolute atomic E-state index is 0.0625. The zero-order valence-electron chi connectivity index (χ0n) is 13.4. The van der Waals surface area contributed by atoms with E-state index in [4.69, 9.17) is 20.5 Å². The number of halogens is 1. The van der Waals surface area contributed by atoms with Gasteiger partial charge in [-0.3, -0.25) is 4.18 Å². The monoisotopic (exact) mass is 367 g/mol. The molecule has 0 saturated carbocycles. The summed E-state index contributed by atoms with van der Waals surface area (Å²) in [6.45, 7) is 2.20. The van der Waals surface area contributed by atoms with Gasteiger partial charge in [0.1, 0.15) is 18.5 Å². The van der Waals surface area contributed by atoms with Gasteiger partial charge in [0, 0.05) is 18.1 Å². The molecule has 1 aliphatic heterocycles. The van der Waals surface area contributed by atoms with Gasteiger partial charge in [0.05, 0.1) is 17.1 Å². The van der Waals surface area contributed by atoms with Crippen LogP contribution in [0.3, 0.4) is 0 Å². The molecule has 5 nitrogen and oxygen atoms in total. The lowest BCUT2D eigenvalue weighted by Crippen LogP contribution is -2.41. The molecule has 3 rings (SSSR count). The molecule has 0 radical (unpaired) electrons. The van der Waals surface area contributed by atoms with Gasteiger partial charge in [-0.15, -0.1) is 0 Å². The van der Waals surface area contributed by atoms with Crippen molar-refractivity contribution in [3.05, 3.63) is 53.1 Å². The van der Waals surface area contributed by atoms with E-state index in [1.807, 2.05) is 18.0 Å². The first-order valence-corrected chi connectivity index (χ1v) is 9.28. The predicted molar refractivity (Wildman–Crippen MR) is 93.5 cm³/mol. The Morgan fingerprint density at radius 2 is 2.04 bits per heavy atom. The summed E-state index contributed by atoms with van der Waals surface area (Å²) in [4.78, 5) is 2.17. The van der Waals surface area contributed by atoms with Crippen LogP contribution >= 0.6 is 11.6 Å². The van der Waals surface area contributed by atoms with Crippen molar-refractivity contribution < 1.29 is 17.3 Å². The first-order valence-electron chi connectivity index (χ1n) is 7.49. The number of hydrogen-bond acceptors (Lipinski definition) is 5. The smallest absolute Gasteiger partial charge is 0.297 e. The van der Waals surface area contributed by atoms with Gasteiger partial charge in [0.25, 0.3) is 10.1 Å². The van der Waals surface area contributed by atoms with Crippen molar-refractivity contribution in [3.8, 4) is 5.75 Å². The molecule has 0 saturated heterocycles. The number of aryl methyl sites for hydroxylation is 1. The molecule has 0 aliphatic carbocycles. The number of likely N-dealkylation sites (N-methyl/N-ethyl adjacent to an activating group) is 1. The third-order valence-electron chi connectivity index (χ3n) is 3.88. The highest BCUT2D eigenvalue weighted by Gasteiger charge is 2.27. The summed E-state index contributed by atoms with van der Waals surface area (Å²) in [5, 5.41) is 0.566. The van der Waals surface area contributed by atoms with Gasteiger partial charge < -0.3 is 9.64 Å². The maximum atomic E-state index is 12.4. The number of ether oxygens (including phenoxy) is 1. The Labute approximate surface area is 146 Å². The lowest BCUT2D eigenvalue weighted by Gasteiger charge is -2.33. The van der Waals surface area contributed by atoms with Gasteiger partial charge in [0.2, 0.25) is 0 Å². The summed E-state index contributed by atoms with van der Waals surface area (Å²) in [7, 11) is -1.90. The Bertz CT molecular complexity index is 853. The zero-order valence-corrected chi connectivity index (χ0v) is 15.0. The van der Waals surface area contributed by atoms with Crippen LogP contribution in [-0.2, 0) is 14.3 Å². The van der Waals surface area contributed by atoms with Crippen LogP contribution < -0.4 is 9.64 Å². The summed E-state index contributed by atoms with van der Waals surface area (Å²) in [5.41, 5.74) is 1.56. The minimum Gasteiger partial charge on any atom is -0.484 e. The average molecular weight is 368 g/mol. The van der Waals surface area contributed by atoms with Crippen LogP contribution in [0.1, 0.15) is 5.56 Å². The van der Waals surface area contributed by atoms with Crippen LogP contribution in [0.25, 0.3) is 0 Å². The lowest BCUT2D eigenvalue weighted by atomic mass is 10.2. The second-order valence-corrected chi connectivity index (χ2v) is 7.76. The first kappa shape index (κ1) is 17.1. The van der Waals surface area contributed by atoms with Crippen molar-refractivity contribution in [3.63, 3.8) is 0 Å². The quantitative estimate of drug-likeness (QED) is 0.776. The summed E-state index contributed by atoms with van der Waals surface area (Å²) < 4.78 is 35.8. The summed E-state index contributed by atoms with van der Waals surface area (Å²) in [6, 6.07) is 12.1. The van der Waals surface area contributed by atoms with Crippen molar-refractivity contribution in [1.82, 2.24) is 0 Å². The van der Waals surface area contributed by atoms with Gasteiger partial charge in [-0.1, -0.05) is 29.8 Å². The van der Waals surface area contributed by atoms with Crippen molar-refractivity contribution in [2.75, 3.05) is 25.1 Å². The first-order chi connectivity index (χ1) is 11.4. The SMILES string of the molecule is Cc1ccccc1S(=O)(=O)OCC1CN(C)c2ccc(Cl)cc2O1. The Morgan fingerprint density at radius 1 is 1.29 bits per heavy atom. The fourth-order valence-electron chi connectivity index (χ4n) is 2.67. The Morgan fingerprint density at radius 3 is 2.79 bits per heavy atom. The summed E-state index contributed by atoms with van der Waals surface area (Å²) >= 11 is 5.99. The molecule has 1 aliphatic rings. The highest BCUT2D eigenvalue weighted by atomic mass is 35.5. The van der Waals surface area contributed by atoms with Crippen LogP contribution in [0.4, 0.5) is 5.69 Å². The fraction of sp³-hybridized carbons (Fsp3) is 0.294. The Hall–Kier alpha value is -1.76. The van der Waals surface area contributed by atoms with Gasteiger partial charge in [-0.05, 0) is 30.7 Å². The molecular weight excluding hydrogens is 350 g/mol. The van der Waals surface area contributed by atoms with E-state index in [0.717, 1.165) is 5.69 Å². The molecule has 7 heteroatoms. The molecule has 24 heavy (non-hydrogen) atoms. The van der Waals surface area contributed by atoms with Crippen molar-refractivity contribution in [1.29, 1.82) is 0 Å². The van der Waals surface area contributed by atoms with Crippen LogP contribution in [0.5, 0.6) is 5.75 Å². The number of nitrogens with zero attached hydrogens (tertiary/aromatic N) is 1. The number of hydrogen-bond donors (Lipinski definition) is 0. The van der Waals surface area contributed by atoms with Gasteiger partial charge >= 0.3 is 0 Å². The molecule has 2 aromatic carbocycles. The molecule has 0 spiro atoms.